The lowest BCUT2D eigenvalue weighted by Gasteiger charge is -2.50. The van der Waals surface area contributed by atoms with E-state index in [1.165, 1.54) is 25.3 Å². The minimum absolute atomic E-state index is 0.0617. The molecule has 21 fully saturated rings. The zero-order valence-electron chi connectivity index (χ0n) is 46.8. The molecule has 37 nitrogen and oxygen atoms in total. The van der Waals surface area contributed by atoms with E-state index in [4.69, 9.17) is 75.8 Å². The molecule has 14 bridgehead atoms. The average molecular weight is 1280 g/mol. The third kappa shape index (κ3) is 13.9. The van der Waals surface area contributed by atoms with Crippen LogP contribution in [0.5, 0.6) is 5.75 Å². The van der Waals surface area contributed by atoms with Gasteiger partial charge in [0.05, 0.1) is 52.3 Å². The van der Waals surface area contributed by atoms with Crippen LogP contribution < -0.4 is 4.74 Å². The fourth-order valence-corrected chi connectivity index (χ4v) is 11.6. The van der Waals surface area contributed by atoms with Crippen LogP contribution in [0.3, 0.4) is 0 Å². The molecule has 0 aromatic heterocycles. The van der Waals surface area contributed by atoms with Crippen LogP contribution in [0.4, 0.5) is 0 Å². The number of aliphatic hydroxyl groups excluding tert-OH is 20. The highest BCUT2D eigenvalue weighted by Gasteiger charge is 2.60. The van der Waals surface area contributed by atoms with Crippen molar-refractivity contribution in [1.29, 1.82) is 0 Å². The van der Waals surface area contributed by atoms with Crippen molar-refractivity contribution >= 4 is 5.97 Å². The van der Waals surface area contributed by atoms with Crippen molar-refractivity contribution in [1.82, 2.24) is 0 Å². The normalized spacial score (nSPS) is 49.8. The van der Waals surface area contributed by atoms with Gasteiger partial charge in [0.15, 0.2) is 44.0 Å². The van der Waals surface area contributed by atoms with E-state index in [1.807, 2.05) is 0 Å². The average Bonchev–Trinajstić information content (AvgIpc) is 1.36. The number of carbonyl (C=O) groups excluding carboxylic acids is 1. The lowest BCUT2D eigenvalue weighted by atomic mass is 9.95. The van der Waals surface area contributed by atoms with Crippen LogP contribution in [-0.2, 0) is 71.1 Å². The Kier molecular flexibility index (Phi) is 23.4. The number of rotatable bonds is 10. The summed E-state index contributed by atoms with van der Waals surface area (Å²) < 4.78 is 91.8. The first-order valence-corrected chi connectivity index (χ1v) is 28.1. The molecule has 21 aliphatic rings. The quantitative estimate of drug-likeness (QED) is 0.0967. The lowest BCUT2D eigenvalue weighted by molar-refractivity contribution is -0.396. The van der Waals surface area contributed by atoms with Crippen LogP contribution in [0.2, 0.25) is 0 Å². The van der Waals surface area contributed by atoms with Gasteiger partial charge in [-0.25, -0.2) is 4.79 Å². The molecule has 1 aromatic carbocycles. The molecule has 0 saturated carbocycles. The van der Waals surface area contributed by atoms with Crippen molar-refractivity contribution in [2.75, 3.05) is 53.4 Å². The minimum Gasteiger partial charge on any atom is -0.496 e. The van der Waals surface area contributed by atoms with Gasteiger partial charge in [0.25, 0.3) is 0 Å². The number of benzene rings is 1. The standard InChI is InChI=1S/C51H78O37/c1-13-3-4-14(5-15(13)73-2)44(72)74-12-22-43-29(64)36(71)51(81-22)87-42-21(11-57)79-49(34(69)27(42)62)85-40-19(9-55)77-47(32(67)25(40)60)83-38-17(7-53)75-45(30(65)23(38)58)82-37-16(6-52)76-46(31(66)24(37)59)84-39-18(8-54)78-48(33(68)26(39)61)86-41-20(10-56)80-50(88-43)35(70)28(41)63/h3-5,16-43,45-71H,6-12H2,1-2H3/t16-,17-,18-,19-,20-,21-,22-,23-,24-,25-,26-,27-,28-,29-,30-,31-,32-,33-,34-,35-,36-,37-,38-,39-,40-,41-,42-,43-,45-,46-,47-,48-,49-,50-,51-/m1/s1. The third-order valence-corrected chi connectivity index (χ3v) is 16.6. The first-order chi connectivity index (χ1) is 41.9. The Morgan fingerprint density at radius 1 is 0.341 bits per heavy atom. The predicted octanol–water partition coefficient (Wildman–Crippen LogP) is -13.0. The van der Waals surface area contributed by atoms with E-state index in [0.717, 1.165) is 0 Å². The highest BCUT2D eigenvalue weighted by atomic mass is 16.8. The summed E-state index contributed by atoms with van der Waals surface area (Å²) in [6.07, 6.45) is -71.9. The summed E-state index contributed by atoms with van der Waals surface area (Å²) in [4.78, 5) is 13.5. The Morgan fingerprint density at radius 3 is 0.773 bits per heavy atom. The SMILES string of the molecule is COc1cc(C(=O)OC[C@H]2O[C@@H]3O[C@H]4[C@H](O)[C@@H](O)[C@@H](O[C@H]5[C@H](O)[C@@H](O)[C@@H](O[C@H]6[C@H](O)[C@@H](O)[C@@H](O[C@H]7[C@H](O)[C@@H](O)[C@@H](O[C@H]8[C@H](O)[C@@H](O)[C@@H](O[C@H]9[C@H](O)[C@@H](O)[C@@H](O[C@H]2[C@H](O)[C@H]3O)O[C@@H]9CO)O[C@@H]8CO)O[C@@H]7CO)O[C@@H]6CO)O[C@@H]5CO)O[C@@H]4CO)ccc1C. The number of ether oxygens (including phenoxy) is 16. The second-order valence-electron chi connectivity index (χ2n) is 22.3. The van der Waals surface area contributed by atoms with Gasteiger partial charge < -0.3 is 178 Å². The number of methoxy groups -OCH3 is 1. The summed E-state index contributed by atoms with van der Waals surface area (Å²) in [6.45, 7) is -5.67. The molecule has 0 amide bonds. The highest BCUT2D eigenvalue weighted by Crippen LogP contribution is 2.39. The van der Waals surface area contributed by atoms with E-state index in [1.54, 1.807) is 6.92 Å². The van der Waals surface area contributed by atoms with E-state index in [2.05, 4.69) is 0 Å². The zero-order valence-corrected chi connectivity index (χ0v) is 46.8. The Labute approximate surface area is 498 Å². The zero-order chi connectivity index (χ0) is 63.9. The van der Waals surface area contributed by atoms with Crippen LogP contribution in [0.1, 0.15) is 15.9 Å². The summed E-state index contributed by atoms with van der Waals surface area (Å²) >= 11 is 0. The maximum absolute atomic E-state index is 13.5. The van der Waals surface area contributed by atoms with E-state index >= 15 is 0 Å². The third-order valence-electron chi connectivity index (χ3n) is 16.6. The van der Waals surface area contributed by atoms with Crippen molar-refractivity contribution in [3.8, 4) is 5.75 Å². The molecule has 21 heterocycles. The van der Waals surface area contributed by atoms with Crippen LogP contribution in [0.15, 0.2) is 18.2 Å². The van der Waals surface area contributed by atoms with Crippen molar-refractivity contribution < 1.29 is 183 Å². The second kappa shape index (κ2) is 29.6. The second-order valence-corrected chi connectivity index (χ2v) is 22.3. The molecule has 0 spiro atoms. The van der Waals surface area contributed by atoms with Gasteiger partial charge in [0, 0.05) is 0 Å². The van der Waals surface area contributed by atoms with E-state index in [0.29, 0.717) is 5.56 Å². The Hall–Kier alpha value is -2.87. The topological polar surface area (TPSA) is 569 Å². The molecule has 504 valence electrons. The largest absolute Gasteiger partial charge is 0.496 e. The van der Waals surface area contributed by atoms with E-state index in [-0.39, 0.29) is 11.3 Å². The van der Waals surface area contributed by atoms with Crippen molar-refractivity contribution in [2.24, 2.45) is 0 Å². The number of aliphatic hydroxyl groups is 20. The van der Waals surface area contributed by atoms with E-state index < -0.39 is 267 Å². The summed E-state index contributed by atoms with van der Waals surface area (Å²) in [5.74, 6) is -0.738. The summed E-state index contributed by atoms with van der Waals surface area (Å²) in [6, 6.07) is 4.26. The summed E-state index contributed by atoms with van der Waals surface area (Å²) in [5, 5.41) is 224. The molecule has 35 atom stereocenters. The molecule has 20 N–H and O–H groups in total. The van der Waals surface area contributed by atoms with Crippen molar-refractivity contribution in [3.63, 3.8) is 0 Å². The van der Waals surface area contributed by atoms with Gasteiger partial charge in [-0.1, -0.05) is 6.07 Å². The fourth-order valence-electron chi connectivity index (χ4n) is 11.6. The number of esters is 1. The maximum Gasteiger partial charge on any atom is 0.338 e. The molecule has 1 aromatic rings. The Balaban J connectivity index is 1.02. The maximum atomic E-state index is 13.5. The molecular formula is C51H78O37. The molecule has 0 unspecified atom stereocenters. The lowest BCUT2D eigenvalue weighted by Crippen LogP contribution is -2.68. The predicted molar refractivity (Wildman–Crippen MR) is 269 cm³/mol. The Bertz CT molecular complexity index is 2370. The summed E-state index contributed by atoms with van der Waals surface area (Å²) in [5.41, 5.74) is 0.572. The van der Waals surface area contributed by atoms with Gasteiger partial charge in [0.2, 0.25) is 0 Å². The van der Waals surface area contributed by atoms with Gasteiger partial charge in [-0.05, 0) is 24.6 Å². The van der Waals surface area contributed by atoms with Crippen LogP contribution in [0, 0.1) is 6.92 Å². The van der Waals surface area contributed by atoms with Gasteiger partial charge in [0.1, 0.15) is 183 Å². The van der Waals surface area contributed by atoms with Crippen LogP contribution >= 0.6 is 0 Å². The van der Waals surface area contributed by atoms with E-state index in [9.17, 15) is 107 Å². The van der Waals surface area contributed by atoms with Gasteiger partial charge >= 0.3 is 5.97 Å². The van der Waals surface area contributed by atoms with Gasteiger partial charge in [-0.15, -0.1) is 0 Å². The molecule has 21 aliphatic heterocycles. The van der Waals surface area contributed by atoms with Gasteiger partial charge in [-0.3, -0.25) is 0 Å². The van der Waals surface area contributed by atoms with Crippen LogP contribution in [-0.4, -0.2) is 376 Å². The van der Waals surface area contributed by atoms with Crippen molar-refractivity contribution in [2.45, 2.75) is 222 Å². The fraction of sp³-hybridized carbons (Fsp3) is 0.863. The summed E-state index contributed by atoms with van der Waals surface area (Å²) in [7, 11) is 1.35. The van der Waals surface area contributed by atoms with Gasteiger partial charge in [-0.2, -0.15) is 0 Å². The number of hydrogen-bond donors (Lipinski definition) is 20. The smallest absolute Gasteiger partial charge is 0.338 e. The molecule has 0 radical (unpaired) electrons. The molecular weight excluding hydrogens is 1200 g/mol. The molecule has 88 heavy (non-hydrogen) atoms. The van der Waals surface area contributed by atoms with Crippen LogP contribution in [0.25, 0.3) is 0 Å². The Morgan fingerprint density at radius 2 is 0.557 bits per heavy atom. The monoisotopic (exact) mass is 1280 g/mol. The molecule has 0 aliphatic carbocycles. The minimum atomic E-state index is -2.29. The number of aryl methyl sites for hydroxylation is 1. The highest BCUT2D eigenvalue weighted by molar-refractivity contribution is 5.90. The number of hydrogen-bond acceptors (Lipinski definition) is 37. The first-order valence-electron chi connectivity index (χ1n) is 28.1. The number of carbonyl (C=O) groups is 1. The first kappa shape index (κ1) is 69.5. The molecule has 22 rings (SSSR count). The van der Waals surface area contributed by atoms with Crippen molar-refractivity contribution in [3.05, 3.63) is 29.3 Å². The molecule has 21 saturated heterocycles. The molecule has 37 heteroatoms.